The summed E-state index contributed by atoms with van der Waals surface area (Å²) < 4.78 is 11.3. The van der Waals surface area contributed by atoms with Crippen LogP contribution in [0.2, 0.25) is 0 Å². The predicted molar refractivity (Wildman–Crippen MR) is 68.5 cm³/mol. The van der Waals surface area contributed by atoms with E-state index in [9.17, 15) is 0 Å². The van der Waals surface area contributed by atoms with Gasteiger partial charge in [-0.1, -0.05) is 0 Å². The Labute approximate surface area is 108 Å². The summed E-state index contributed by atoms with van der Waals surface area (Å²) in [6.45, 7) is 3.32. The van der Waals surface area contributed by atoms with Crippen LogP contribution in [0.4, 0.5) is 0 Å². The molecule has 0 aromatic carbocycles. The van der Waals surface area contributed by atoms with Crippen LogP contribution in [-0.4, -0.2) is 30.8 Å². The van der Waals surface area contributed by atoms with E-state index in [4.69, 9.17) is 9.47 Å². The highest BCUT2D eigenvalue weighted by Gasteiger charge is 2.21. The molecule has 1 saturated carbocycles. The molecule has 1 atom stereocenters. The molecule has 1 unspecified atom stereocenters. The molecule has 18 heavy (non-hydrogen) atoms. The Morgan fingerprint density at radius 1 is 1.39 bits per heavy atom. The van der Waals surface area contributed by atoms with Gasteiger partial charge in [-0.05, 0) is 25.3 Å². The van der Waals surface area contributed by atoms with E-state index < -0.39 is 0 Å². The number of hydrogen-bond donors (Lipinski definition) is 1. The second-order valence-electron chi connectivity index (χ2n) is 5.18. The van der Waals surface area contributed by atoms with Gasteiger partial charge < -0.3 is 14.8 Å². The molecule has 1 aromatic rings. The number of hydrogen-bond acceptors (Lipinski definition) is 4. The molecule has 2 aliphatic rings. The Bertz CT molecular complexity index is 387. The summed E-state index contributed by atoms with van der Waals surface area (Å²) in [5, 5.41) is 3.50. The van der Waals surface area contributed by atoms with Crippen LogP contribution in [-0.2, 0) is 11.3 Å². The fourth-order valence-electron chi connectivity index (χ4n) is 2.15. The first kappa shape index (κ1) is 11.9. The molecule has 4 nitrogen and oxygen atoms in total. The van der Waals surface area contributed by atoms with Crippen LogP contribution in [0.1, 0.15) is 24.8 Å². The summed E-state index contributed by atoms with van der Waals surface area (Å²) in [6, 6.07) is 2.67. The SMILES string of the molecule is c1cc(OCC2CCOC2)c(CNC2CC2)cn1. The Morgan fingerprint density at radius 3 is 3.11 bits per heavy atom. The Morgan fingerprint density at radius 2 is 2.33 bits per heavy atom. The summed E-state index contributed by atoms with van der Waals surface area (Å²) in [6.07, 6.45) is 7.41. The van der Waals surface area contributed by atoms with Gasteiger partial charge in [0, 0.05) is 43.1 Å². The zero-order chi connectivity index (χ0) is 12.2. The highest BCUT2D eigenvalue weighted by Crippen LogP contribution is 2.23. The van der Waals surface area contributed by atoms with E-state index >= 15 is 0 Å². The van der Waals surface area contributed by atoms with Crippen molar-refractivity contribution in [2.45, 2.75) is 31.8 Å². The summed E-state index contributed by atoms with van der Waals surface area (Å²) in [5.41, 5.74) is 1.16. The third-order valence-electron chi connectivity index (χ3n) is 3.52. The van der Waals surface area contributed by atoms with Crippen molar-refractivity contribution in [3.05, 3.63) is 24.0 Å². The topological polar surface area (TPSA) is 43.4 Å². The number of nitrogens with one attached hydrogen (secondary N) is 1. The molecule has 0 amide bonds. The van der Waals surface area contributed by atoms with E-state index in [1.807, 2.05) is 12.3 Å². The lowest BCUT2D eigenvalue weighted by atomic mass is 10.1. The van der Waals surface area contributed by atoms with Crippen molar-refractivity contribution in [2.75, 3.05) is 19.8 Å². The van der Waals surface area contributed by atoms with Crippen molar-refractivity contribution in [1.29, 1.82) is 0 Å². The average Bonchev–Trinajstić information content (AvgIpc) is 3.09. The number of ether oxygens (including phenoxy) is 2. The molecule has 1 N–H and O–H groups in total. The van der Waals surface area contributed by atoms with Crippen molar-refractivity contribution in [1.82, 2.24) is 10.3 Å². The van der Waals surface area contributed by atoms with Gasteiger partial charge >= 0.3 is 0 Å². The summed E-state index contributed by atoms with van der Waals surface area (Å²) >= 11 is 0. The first-order valence-corrected chi connectivity index (χ1v) is 6.78. The van der Waals surface area contributed by atoms with Gasteiger partial charge in [0.2, 0.25) is 0 Å². The van der Waals surface area contributed by atoms with Crippen LogP contribution >= 0.6 is 0 Å². The van der Waals surface area contributed by atoms with E-state index in [1.165, 1.54) is 12.8 Å². The summed E-state index contributed by atoms with van der Waals surface area (Å²) in [7, 11) is 0. The van der Waals surface area contributed by atoms with Crippen LogP contribution in [0.3, 0.4) is 0 Å². The highest BCUT2D eigenvalue weighted by atomic mass is 16.5. The monoisotopic (exact) mass is 248 g/mol. The lowest BCUT2D eigenvalue weighted by Crippen LogP contribution is -2.17. The van der Waals surface area contributed by atoms with Gasteiger partial charge in [-0.3, -0.25) is 4.98 Å². The van der Waals surface area contributed by atoms with E-state index in [0.29, 0.717) is 12.0 Å². The minimum absolute atomic E-state index is 0.544. The zero-order valence-corrected chi connectivity index (χ0v) is 10.6. The molecule has 4 heteroatoms. The molecule has 0 radical (unpaired) electrons. The Balaban J connectivity index is 1.55. The van der Waals surface area contributed by atoms with Gasteiger partial charge in [-0.25, -0.2) is 0 Å². The molecule has 98 valence electrons. The molecule has 1 aliphatic heterocycles. The molecule has 2 heterocycles. The van der Waals surface area contributed by atoms with E-state index in [0.717, 1.165) is 44.1 Å². The van der Waals surface area contributed by atoms with Gasteiger partial charge in [0.15, 0.2) is 0 Å². The number of pyridine rings is 1. The summed E-state index contributed by atoms with van der Waals surface area (Å²) in [4.78, 5) is 4.18. The van der Waals surface area contributed by atoms with Crippen molar-refractivity contribution < 1.29 is 9.47 Å². The van der Waals surface area contributed by atoms with Crippen LogP contribution in [0, 0.1) is 5.92 Å². The van der Waals surface area contributed by atoms with E-state index in [1.54, 1.807) is 6.20 Å². The van der Waals surface area contributed by atoms with Gasteiger partial charge in [-0.15, -0.1) is 0 Å². The molecule has 0 bridgehead atoms. The maximum atomic E-state index is 5.91. The molecule has 3 rings (SSSR count). The lowest BCUT2D eigenvalue weighted by molar-refractivity contribution is 0.166. The lowest BCUT2D eigenvalue weighted by Gasteiger charge is -2.14. The van der Waals surface area contributed by atoms with Crippen molar-refractivity contribution in [3.63, 3.8) is 0 Å². The highest BCUT2D eigenvalue weighted by molar-refractivity contribution is 5.30. The third-order valence-corrected chi connectivity index (χ3v) is 3.52. The fraction of sp³-hybridized carbons (Fsp3) is 0.643. The number of aromatic nitrogens is 1. The maximum absolute atomic E-state index is 5.91. The van der Waals surface area contributed by atoms with E-state index in [-0.39, 0.29) is 0 Å². The number of nitrogens with zero attached hydrogens (tertiary/aromatic N) is 1. The molecule has 0 spiro atoms. The average molecular weight is 248 g/mol. The molecule has 1 aliphatic carbocycles. The van der Waals surface area contributed by atoms with Gasteiger partial charge in [0.05, 0.1) is 13.2 Å². The fourth-order valence-corrected chi connectivity index (χ4v) is 2.15. The van der Waals surface area contributed by atoms with Crippen LogP contribution in [0.25, 0.3) is 0 Å². The Hall–Kier alpha value is -1.13. The second-order valence-corrected chi connectivity index (χ2v) is 5.18. The molecule has 1 aromatic heterocycles. The first-order chi connectivity index (χ1) is 8.92. The van der Waals surface area contributed by atoms with Gasteiger partial charge in [0.1, 0.15) is 5.75 Å². The molecule has 1 saturated heterocycles. The smallest absolute Gasteiger partial charge is 0.126 e. The van der Waals surface area contributed by atoms with Crippen molar-refractivity contribution >= 4 is 0 Å². The normalized spacial score (nSPS) is 23.2. The zero-order valence-electron chi connectivity index (χ0n) is 10.6. The van der Waals surface area contributed by atoms with Crippen LogP contribution < -0.4 is 10.1 Å². The number of rotatable bonds is 6. The quantitative estimate of drug-likeness (QED) is 0.833. The van der Waals surface area contributed by atoms with E-state index in [2.05, 4.69) is 10.3 Å². The second kappa shape index (κ2) is 5.67. The van der Waals surface area contributed by atoms with Crippen molar-refractivity contribution in [2.24, 2.45) is 5.92 Å². The van der Waals surface area contributed by atoms with Gasteiger partial charge in [-0.2, -0.15) is 0 Å². The largest absolute Gasteiger partial charge is 0.493 e. The van der Waals surface area contributed by atoms with Crippen molar-refractivity contribution in [3.8, 4) is 5.75 Å². The summed E-state index contributed by atoms with van der Waals surface area (Å²) in [5.74, 6) is 1.51. The molecular weight excluding hydrogens is 228 g/mol. The Kier molecular flexibility index (Phi) is 3.76. The van der Waals surface area contributed by atoms with Crippen LogP contribution in [0.15, 0.2) is 18.5 Å². The van der Waals surface area contributed by atoms with Gasteiger partial charge in [0.25, 0.3) is 0 Å². The first-order valence-electron chi connectivity index (χ1n) is 6.78. The minimum atomic E-state index is 0.544. The third kappa shape index (κ3) is 3.21. The molecular formula is C14H20N2O2. The maximum Gasteiger partial charge on any atom is 0.126 e. The minimum Gasteiger partial charge on any atom is -0.493 e. The standard InChI is InChI=1S/C14H20N2O2/c1-2-13(1)16-8-12-7-15-5-3-14(12)18-10-11-4-6-17-9-11/h3,5,7,11,13,16H,1-2,4,6,8-10H2. The predicted octanol–water partition coefficient (Wildman–Crippen LogP) is 1.75. The molecule has 2 fully saturated rings. The van der Waals surface area contributed by atoms with Crippen LogP contribution in [0.5, 0.6) is 5.75 Å².